The summed E-state index contributed by atoms with van der Waals surface area (Å²) in [5.41, 5.74) is -0.188. The fraction of sp³-hybridized carbons (Fsp3) is 0.400. The van der Waals surface area contributed by atoms with Crippen molar-refractivity contribution in [1.82, 2.24) is 5.32 Å². The van der Waals surface area contributed by atoms with Crippen LogP contribution in [-0.4, -0.2) is 25.8 Å². The lowest BCUT2D eigenvalue weighted by Gasteiger charge is -2.17. The number of alkyl halides is 2. The van der Waals surface area contributed by atoms with Crippen LogP contribution in [0, 0.1) is 0 Å². The molecule has 0 saturated carbocycles. The van der Waals surface area contributed by atoms with E-state index in [1.54, 1.807) is 0 Å². The van der Waals surface area contributed by atoms with E-state index in [1.807, 2.05) is 0 Å². The molecule has 2 N–H and O–H groups in total. The first-order chi connectivity index (χ1) is 7.01. The van der Waals surface area contributed by atoms with E-state index < -0.39 is 12.5 Å². The highest BCUT2D eigenvalue weighted by Gasteiger charge is 2.31. The minimum Gasteiger partial charge on any atom is -0.504 e. The smallest absolute Gasteiger partial charge is 0.285 e. The molecule has 84 valence electrons. The number of methoxy groups -OCH3 is 1. The zero-order chi connectivity index (χ0) is 11.5. The summed E-state index contributed by atoms with van der Waals surface area (Å²) in [4.78, 5) is 0. The maximum Gasteiger partial charge on any atom is 0.285 e. The summed E-state index contributed by atoms with van der Waals surface area (Å²) >= 11 is 0. The quantitative estimate of drug-likeness (QED) is 0.806. The average Bonchev–Trinajstić information content (AvgIpc) is 2.18. The molecule has 0 atom stereocenters. The molecule has 0 heterocycles. The molecule has 0 fully saturated rings. The van der Waals surface area contributed by atoms with Gasteiger partial charge in [-0.2, -0.15) is 8.78 Å². The second-order valence-electron chi connectivity index (χ2n) is 3.12. The van der Waals surface area contributed by atoms with Gasteiger partial charge in [0.15, 0.2) is 11.5 Å². The molecule has 0 radical (unpaired) electrons. The third-order valence-corrected chi connectivity index (χ3v) is 2.00. The van der Waals surface area contributed by atoms with Gasteiger partial charge in [-0.1, -0.05) is 0 Å². The largest absolute Gasteiger partial charge is 0.504 e. The lowest BCUT2D eigenvalue weighted by atomic mass is 10.1. The standard InChI is InChI=1S/C10H13F2NO2/c1-13-6-10(11,12)7-3-4-8(14)9(5-7)15-2/h3-5,13-14H,6H2,1-2H3. The molecule has 0 aliphatic heterocycles. The van der Waals surface area contributed by atoms with Crippen LogP contribution in [0.15, 0.2) is 18.2 Å². The maximum atomic E-state index is 13.4. The lowest BCUT2D eigenvalue weighted by Crippen LogP contribution is -2.28. The highest BCUT2D eigenvalue weighted by atomic mass is 19.3. The fourth-order valence-corrected chi connectivity index (χ4v) is 1.23. The number of ether oxygens (including phenoxy) is 1. The number of phenols is 1. The van der Waals surface area contributed by atoms with Crippen molar-refractivity contribution in [3.8, 4) is 11.5 Å². The highest BCUT2D eigenvalue weighted by molar-refractivity contribution is 5.43. The van der Waals surface area contributed by atoms with Crippen molar-refractivity contribution in [2.45, 2.75) is 5.92 Å². The first-order valence-electron chi connectivity index (χ1n) is 4.41. The molecule has 5 heteroatoms. The van der Waals surface area contributed by atoms with E-state index in [2.05, 4.69) is 5.32 Å². The molecule has 1 aromatic carbocycles. The fourth-order valence-electron chi connectivity index (χ4n) is 1.23. The molecule has 3 nitrogen and oxygen atoms in total. The molecule has 0 saturated heterocycles. The van der Waals surface area contributed by atoms with Crippen LogP contribution in [0.2, 0.25) is 0 Å². The van der Waals surface area contributed by atoms with Gasteiger partial charge < -0.3 is 15.2 Å². The predicted molar refractivity (Wildman–Crippen MR) is 52.5 cm³/mol. The summed E-state index contributed by atoms with van der Waals surface area (Å²) in [6.07, 6.45) is 0. The Labute approximate surface area is 86.7 Å². The summed E-state index contributed by atoms with van der Waals surface area (Å²) in [5, 5.41) is 11.7. The van der Waals surface area contributed by atoms with Gasteiger partial charge in [0.1, 0.15) is 0 Å². The molecule has 15 heavy (non-hydrogen) atoms. The van der Waals surface area contributed by atoms with Gasteiger partial charge in [0.2, 0.25) is 0 Å². The van der Waals surface area contributed by atoms with Crippen LogP contribution in [0.3, 0.4) is 0 Å². The molecule has 0 spiro atoms. The summed E-state index contributed by atoms with van der Waals surface area (Å²) < 4.78 is 31.6. The number of hydrogen-bond donors (Lipinski definition) is 2. The predicted octanol–water partition coefficient (Wildman–Crippen LogP) is 1.71. The van der Waals surface area contributed by atoms with E-state index in [1.165, 1.54) is 26.3 Å². The van der Waals surface area contributed by atoms with Crippen molar-refractivity contribution in [1.29, 1.82) is 0 Å². The first kappa shape index (κ1) is 11.7. The Balaban J connectivity index is 3.04. The normalized spacial score (nSPS) is 11.5. The van der Waals surface area contributed by atoms with Crippen molar-refractivity contribution in [3.05, 3.63) is 23.8 Å². The van der Waals surface area contributed by atoms with Crippen LogP contribution in [0.25, 0.3) is 0 Å². The monoisotopic (exact) mass is 217 g/mol. The average molecular weight is 217 g/mol. The van der Waals surface area contributed by atoms with E-state index in [0.29, 0.717) is 0 Å². The summed E-state index contributed by atoms with van der Waals surface area (Å²) in [5.74, 6) is -3.08. The molecular weight excluding hydrogens is 204 g/mol. The number of rotatable bonds is 4. The number of halogens is 2. The third-order valence-electron chi connectivity index (χ3n) is 2.00. The second kappa shape index (κ2) is 4.44. The molecule has 1 rings (SSSR count). The number of phenolic OH excluding ortho intramolecular Hbond substituents is 1. The van der Waals surface area contributed by atoms with E-state index in [0.717, 1.165) is 6.07 Å². The van der Waals surface area contributed by atoms with Gasteiger partial charge in [0, 0.05) is 5.56 Å². The number of likely N-dealkylation sites (N-methyl/N-ethyl adjacent to an activating group) is 1. The Morgan fingerprint density at radius 1 is 1.47 bits per heavy atom. The minimum atomic E-state index is -2.98. The van der Waals surface area contributed by atoms with E-state index in [9.17, 15) is 13.9 Å². The molecule has 1 aromatic rings. The zero-order valence-corrected chi connectivity index (χ0v) is 8.55. The Morgan fingerprint density at radius 3 is 2.67 bits per heavy atom. The van der Waals surface area contributed by atoms with E-state index in [4.69, 9.17) is 4.74 Å². The van der Waals surface area contributed by atoms with Gasteiger partial charge in [-0.15, -0.1) is 0 Å². The van der Waals surface area contributed by atoms with Crippen LogP contribution < -0.4 is 10.1 Å². The molecule has 0 amide bonds. The first-order valence-corrected chi connectivity index (χ1v) is 4.41. The minimum absolute atomic E-state index is 0.0447. The Bertz CT molecular complexity index is 342. The molecular formula is C10H13F2NO2. The Morgan fingerprint density at radius 2 is 2.13 bits per heavy atom. The summed E-state index contributed by atoms with van der Waals surface area (Å²) in [6.45, 7) is -0.457. The van der Waals surface area contributed by atoms with Gasteiger partial charge in [0.25, 0.3) is 5.92 Å². The highest BCUT2D eigenvalue weighted by Crippen LogP contribution is 2.34. The van der Waals surface area contributed by atoms with Gasteiger partial charge >= 0.3 is 0 Å². The molecule has 0 unspecified atom stereocenters. The van der Waals surface area contributed by atoms with Crippen LogP contribution in [0.1, 0.15) is 5.56 Å². The summed E-state index contributed by atoms with van der Waals surface area (Å²) in [7, 11) is 2.76. The van der Waals surface area contributed by atoms with Crippen molar-refractivity contribution in [3.63, 3.8) is 0 Å². The van der Waals surface area contributed by atoms with Gasteiger partial charge in [0.05, 0.1) is 13.7 Å². The van der Waals surface area contributed by atoms with E-state index in [-0.39, 0.29) is 17.1 Å². The molecule has 0 aliphatic carbocycles. The number of hydrogen-bond acceptors (Lipinski definition) is 3. The van der Waals surface area contributed by atoms with Gasteiger partial charge in [-0.05, 0) is 25.2 Å². The third kappa shape index (κ3) is 2.56. The van der Waals surface area contributed by atoms with Gasteiger partial charge in [-0.25, -0.2) is 0 Å². The Hall–Kier alpha value is -1.36. The second-order valence-corrected chi connectivity index (χ2v) is 3.12. The van der Waals surface area contributed by atoms with E-state index >= 15 is 0 Å². The van der Waals surface area contributed by atoms with Crippen LogP contribution in [0.4, 0.5) is 8.78 Å². The molecule has 0 bridgehead atoms. The number of benzene rings is 1. The van der Waals surface area contributed by atoms with Crippen molar-refractivity contribution >= 4 is 0 Å². The Kier molecular flexibility index (Phi) is 3.47. The van der Waals surface area contributed by atoms with Crippen molar-refractivity contribution < 1.29 is 18.6 Å². The lowest BCUT2D eigenvalue weighted by molar-refractivity contribution is -0.00147. The number of aromatic hydroxyl groups is 1. The summed E-state index contributed by atoms with van der Waals surface area (Å²) in [6, 6.07) is 3.50. The van der Waals surface area contributed by atoms with Gasteiger partial charge in [-0.3, -0.25) is 0 Å². The van der Waals surface area contributed by atoms with Crippen LogP contribution in [-0.2, 0) is 5.92 Å². The molecule has 0 aromatic heterocycles. The maximum absolute atomic E-state index is 13.4. The zero-order valence-electron chi connectivity index (χ0n) is 8.55. The SMILES string of the molecule is CNCC(F)(F)c1ccc(O)c(OC)c1. The van der Waals surface area contributed by atoms with Crippen molar-refractivity contribution in [2.24, 2.45) is 0 Å². The molecule has 0 aliphatic rings. The van der Waals surface area contributed by atoms with Crippen LogP contribution >= 0.6 is 0 Å². The topological polar surface area (TPSA) is 41.5 Å². The van der Waals surface area contributed by atoms with Crippen LogP contribution in [0.5, 0.6) is 11.5 Å². The number of nitrogens with one attached hydrogen (secondary N) is 1. The van der Waals surface area contributed by atoms with Crippen molar-refractivity contribution in [2.75, 3.05) is 20.7 Å².